The molecule has 0 fully saturated rings. The molecule has 0 bridgehead atoms. The maximum atomic E-state index is 11.6. The van der Waals surface area contributed by atoms with Crippen molar-refractivity contribution in [3.8, 4) is 0 Å². The van der Waals surface area contributed by atoms with Crippen LogP contribution in [0.4, 0.5) is 11.4 Å². The van der Waals surface area contributed by atoms with E-state index < -0.39 is 0 Å². The van der Waals surface area contributed by atoms with Crippen LogP contribution in [-0.2, 0) is 4.79 Å². The zero-order valence-electron chi connectivity index (χ0n) is 9.79. The third-order valence-electron chi connectivity index (χ3n) is 2.65. The third-order valence-corrected chi connectivity index (χ3v) is 2.65. The van der Waals surface area contributed by atoms with Crippen molar-refractivity contribution in [2.45, 2.75) is 6.92 Å². The van der Waals surface area contributed by atoms with Crippen LogP contribution < -0.4 is 11.1 Å². The largest absolute Gasteiger partial charge is 0.325 e. The Morgan fingerprint density at radius 1 is 1.18 bits per heavy atom. The lowest BCUT2D eigenvalue weighted by atomic mass is 10.1. The highest BCUT2D eigenvalue weighted by Gasteiger charge is 2.07. The summed E-state index contributed by atoms with van der Waals surface area (Å²) in [4.78, 5) is 11.6. The van der Waals surface area contributed by atoms with Crippen LogP contribution in [0.2, 0.25) is 0 Å². The monoisotopic (exact) mass is 227 g/mol. The van der Waals surface area contributed by atoms with Gasteiger partial charge in [0.15, 0.2) is 0 Å². The van der Waals surface area contributed by atoms with Crippen molar-refractivity contribution >= 4 is 28.1 Å². The van der Waals surface area contributed by atoms with E-state index in [1.807, 2.05) is 36.4 Å². The Bertz CT molecular complexity index is 602. The minimum atomic E-state index is -0.160. The van der Waals surface area contributed by atoms with E-state index in [0.29, 0.717) is 5.57 Å². The molecule has 17 heavy (non-hydrogen) atoms. The van der Waals surface area contributed by atoms with Gasteiger partial charge in [-0.2, -0.15) is 0 Å². The second-order valence-corrected chi connectivity index (χ2v) is 4.05. The van der Waals surface area contributed by atoms with E-state index in [0.717, 1.165) is 22.1 Å². The summed E-state index contributed by atoms with van der Waals surface area (Å²) in [5.74, 6) is -0.160. The molecule has 0 heterocycles. The molecule has 0 unspecified atom stereocenters. The maximum Gasteiger partial charge on any atom is 0.250 e. The molecule has 2 aromatic carbocycles. The molecule has 0 spiro atoms. The molecule has 0 aliphatic carbocycles. The Kier molecular flexibility index (Phi) is 2.93. The second-order valence-electron chi connectivity index (χ2n) is 4.05. The van der Waals surface area contributed by atoms with Crippen LogP contribution in [0.5, 0.6) is 0 Å². The normalized spacial score (nSPS) is 10.2. The number of nitrogens with one attached hydrogen (secondary N) is 1. The SMILES string of the molecule is C=C(C)C(=O)Nc1cccc2c([NH3+])cccc12. The van der Waals surface area contributed by atoms with Crippen molar-refractivity contribution in [1.82, 2.24) is 0 Å². The number of quaternary nitrogens is 1. The predicted octanol–water partition coefficient (Wildman–Crippen LogP) is 2.23. The smallest absolute Gasteiger partial charge is 0.250 e. The number of carbonyl (C=O) groups excluding carboxylic acids is 1. The highest BCUT2D eigenvalue weighted by atomic mass is 16.1. The van der Waals surface area contributed by atoms with E-state index in [1.165, 1.54) is 0 Å². The summed E-state index contributed by atoms with van der Waals surface area (Å²) in [5.41, 5.74) is 6.21. The fourth-order valence-corrected chi connectivity index (χ4v) is 1.71. The fourth-order valence-electron chi connectivity index (χ4n) is 1.71. The first kappa shape index (κ1) is 11.4. The van der Waals surface area contributed by atoms with Crippen LogP contribution in [0.15, 0.2) is 48.6 Å². The predicted molar refractivity (Wildman–Crippen MR) is 69.9 cm³/mol. The molecule has 0 saturated heterocycles. The average Bonchev–Trinajstić information content (AvgIpc) is 2.30. The Labute approximate surface area is 99.9 Å². The summed E-state index contributed by atoms with van der Waals surface area (Å²) in [5, 5.41) is 4.89. The van der Waals surface area contributed by atoms with Crippen molar-refractivity contribution in [2.24, 2.45) is 0 Å². The molecule has 0 aliphatic rings. The van der Waals surface area contributed by atoms with Crippen molar-refractivity contribution < 1.29 is 10.5 Å². The van der Waals surface area contributed by atoms with Gasteiger partial charge in [-0.05, 0) is 25.1 Å². The van der Waals surface area contributed by atoms with Gasteiger partial charge in [0.25, 0.3) is 5.91 Å². The van der Waals surface area contributed by atoms with Crippen LogP contribution >= 0.6 is 0 Å². The van der Waals surface area contributed by atoms with Gasteiger partial charge in [0.05, 0.1) is 0 Å². The molecule has 0 saturated carbocycles. The molecule has 3 nitrogen and oxygen atoms in total. The van der Waals surface area contributed by atoms with Gasteiger partial charge in [0.2, 0.25) is 0 Å². The summed E-state index contributed by atoms with van der Waals surface area (Å²) < 4.78 is 0. The van der Waals surface area contributed by atoms with Gasteiger partial charge in [-0.15, -0.1) is 0 Å². The van der Waals surface area contributed by atoms with Crippen molar-refractivity contribution in [3.05, 3.63) is 48.6 Å². The zero-order valence-corrected chi connectivity index (χ0v) is 9.79. The highest BCUT2D eigenvalue weighted by Crippen LogP contribution is 2.26. The number of benzene rings is 2. The summed E-state index contributed by atoms with van der Waals surface area (Å²) in [6, 6.07) is 11.6. The molecule has 0 aromatic heterocycles. The summed E-state index contributed by atoms with van der Waals surface area (Å²) in [6.45, 7) is 5.31. The molecule has 0 atom stereocenters. The van der Waals surface area contributed by atoms with E-state index >= 15 is 0 Å². The number of anilines is 1. The fraction of sp³-hybridized carbons (Fsp3) is 0.0714. The van der Waals surface area contributed by atoms with Gasteiger partial charge in [-0.1, -0.05) is 24.8 Å². The molecule has 86 valence electrons. The van der Waals surface area contributed by atoms with Crippen molar-refractivity contribution in [3.63, 3.8) is 0 Å². The van der Waals surface area contributed by atoms with Gasteiger partial charge in [0, 0.05) is 22.0 Å². The van der Waals surface area contributed by atoms with Crippen LogP contribution in [-0.4, -0.2) is 5.91 Å². The first-order valence-electron chi connectivity index (χ1n) is 5.40. The highest BCUT2D eigenvalue weighted by molar-refractivity contribution is 6.09. The molecular weight excluding hydrogens is 212 g/mol. The Balaban J connectivity index is 2.52. The molecule has 0 aliphatic heterocycles. The van der Waals surface area contributed by atoms with Gasteiger partial charge in [-0.25, -0.2) is 0 Å². The quantitative estimate of drug-likeness (QED) is 0.759. The van der Waals surface area contributed by atoms with E-state index in [2.05, 4.69) is 17.6 Å². The van der Waals surface area contributed by atoms with Crippen LogP contribution in [0.25, 0.3) is 10.8 Å². The Morgan fingerprint density at radius 3 is 2.53 bits per heavy atom. The minimum Gasteiger partial charge on any atom is -0.325 e. The van der Waals surface area contributed by atoms with Crippen molar-refractivity contribution in [1.29, 1.82) is 0 Å². The number of hydrogen-bond donors (Lipinski definition) is 2. The first-order chi connectivity index (χ1) is 8.09. The van der Waals surface area contributed by atoms with E-state index in [9.17, 15) is 4.79 Å². The van der Waals surface area contributed by atoms with E-state index in [1.54, 1.807) is 6.92 Å². The van der Waals surface area contributed by atoms with E-state index in [4.69, 9.17) is 0 Å². The lowest BCUT2D eigenvalue weighted by Crippen LogP contribution is -2.40. The third kappa shape index (κ3) is 2.19. The summed E-state index contributed by atoms with van der Waals surface area (Å²) in [6.07, 6.45) is 0. The first-order valence-corrected chi connectivity index (χ1v) is 5.40. The number of carbonyl (C=O) groups is 1. The Morgan fingerprint density at radius 2 is 1.82 bits per heavy atom. The van der Waals surface area contributed by atoms with Gasteiger partial charge >= 0.3 is 0 Å². The molecule has 3 heteroatoms. The molecule has 2 aromatic rings. The number of rotatable bonds is 2. The van der Waals surface area contributed by atoms with Crippen molar-refractivity contribution in [2.75, 3.05) is 5.32 Å². The molecule has 0 radical (unpaired) electrons. The summed E-state index contributed by atoms with van der Waals surface area (Å²) in [7, 11) is 0. The molecule has 1 amide bonds. The van der Waals surface area contributed by atoms with E-state index in [-0.39, 0.29) is 5.91 Å². The van der Waals surface area contributed by atoms with Gasteiger partial charge in [-0.3, -0.25) is 4.79 Å². The topological polar surface area (TPSA) is 56.7 Å². The van der Waals surface area contributed by atoms with Crippen LogP contribution in [0.1, 0.15) is 6.92 Å². The lowest BCUT2D eigenvalue weighted by molar-refractivity contribution is -0.252. The molecular formula is C14H15N2O+. The van der Waals surface area contributed by atoms with Crippen LogP contribution in [0.3, 0.4) is 0 Å². The second kappa shape index (κ2) is 4.39. The molecule has 2 rings (SSSR count). The maximum absolute atomic E-state index is 11.6. The Hall–Kier alpha value is -2.13. The molecule has 4 N–H and O–H groups in total. The number of fused-ring (bicyclic) bond motifs is 1. The number of amides is 1. The lowest BCUT2D eigenvalue weighted by Gasteiger charge is -2.08. The number of hydrogen-bond acceptors (Lipinski definition) is 1. The zero-order chi connectivity index (χ0) is 12.4. The average molecular weight is 227 g/mol. The minimum absolute atomic E-state index is 0.160. The van der Waals surface area contributed by atoms with Crippen LogP contribution in [0, 0.1) is 0 Å². The van der Waals surface area contributed by atoms with Gasteiger partial charge in [0.1, 0.15) is 5.69 Å². The van der Waals surface area contributed by atoms with Gasteiger partial charge < -0.3 is 11.1 Å². The standard InChI is InChI=1S/C14H14N2O/c1-9(2)14(17)16-13-8-4-5-10-11(13)6-3-7-12(10)15/h3-8H,1,15H2,2H3,(H,16,17)/p+1. The summed E-state index contributed by atoms with van der Waals surface area (Å²) >= 11 is 0.